The summed E-state index contributed by atoms with van der Waals surface area (Å²) in [5, 5.41) is 0. The highest BCUT2D eigenvalue weighted by molar-refractivity contribution is 7.16. The summed E-state index contributed by atoms with van der Waals surface area (Å²) in [7, 11) is 0. The second kappa shape index (κ2) is 6.06. The summed E-state index contributed by atoms with van der Waals surface area (Å²) in [6.07, 6.45) is 0.860. The van der Waals surface area contributed by atoms with Crippen LogP contribution in [-0.4, -0.2) is 0 Å². The Kier molecular flexibility index (Phi) is 4.63. The molecule has 0 aliphatic heterocycles. The van der Waals surface area contributed by atoms with Gasteiger partial charge in [-0.15, -0.1) is 11.3 Å². The third-order valence-corrected chi connectivity index (χ3v) is 4.58. The monoisotopic (exact) mass is 294 g/mol. The highest BCUT2D eigenvalue weighted by Gasteiger charge is 2.16. The zero-order valence-electron chi connectivity index (χ0n) is 11.5. The van der Waals surface area contributed by atoms with Crippen LogP contribution in [-0.2, 0) is 6.42 Å². The Morgan fingerprint density at radius 3 is 2.32 bits per heavy atom. The van der Waals surface area contributed by atoms with E-state index in [4.69, 9.17) is 17.4 Å². The molecule has 0 fully saturated rings. The van der Waals surface area contributed by atoms with Crippen molar-refractivity contribution in [2.75, 3.05) is 0 Å². The van der Waals surface area contributed by atoms with E-state index in [0.717, 1.165) is 10.8 Å². The second-order valence-electron chi connectivity index (χ2n) is 4.94. The zero-order chi connectivity index (χ0) is 14.0. The molecule has 3 N–H and O–H groups in total. The predicted molar refractivity (Wildman–Crippen MR) is 83.8 cm³/mol. The Bertz CT molecular complexity index is 554. The molecule has 2 nitrogen and oxygen atoms in total. The fourth-order valence-corrected chi connectivity index (χ4v) is 3.78. The van der Waals surface area contributed by atoms with Gasteiger partial charge in [-0.2, -0.15) is 0 Å². The van der Waals surface area contributed by atoms with E-state index < -0.39 is 0 Å². The molecular formula is C15H19ClN2S. The first-order chi connectivity index (χ1) is 9.01. The van der Waals surface area contributed by atoms with Crippen LogP contribution in [0.15, 0.2) is 24.3 Å². The number of nitrogens with two attached hydrogens (primary N) is 1. The lowest BCUT2D eigenvalue weighted by molar-refractivity contribution is 0.550. The van der Waals surface area contributed by atoms with E-state index in [1.165, 1.54) is 27.1 Å². The normalized spacial score (nSPS) is 12.7. The van der Waals surface area contributed by atoms with Crippen LogP contribution in [0.5, 0.6) is 0 Å². The lowest BCUT2D eigenvalue weighted by Gasteiger charge is -2.21. The molecule has 1 atom stereocenters. The summed E-state index contributed by atoms with van der Waals surface area (Å²) in [5.74, 6) is 5.76. The van der Waals surface area contributed by atoms with Gasteiger partial charge in [0.15, 0.2) is 0 Å². The van der Waals surface area contributed by atoms with Crippen LogP contribution >= 0.6 is 22.9 Å². The smallest absolute Gasteiger partial charge is 0.0931 e. The Hall–Kier alpha value is -0.870. The number of hydrogen-bond donors (Lipinski definition) is 2. The lowest BCUT2D eigenvalue weighted by Crippen LogP contribution is -2.30. The molecule has 0 spiro atoms. The number of rotatable bonds is 4. The minimum atomic E-state index is 0.121. The topological polar surface area (TPSA) is 38.0 Å². The molecule has 0 bridgehead atoms. The molecular weight excluding hydrogens is 276 g/mol. The Balaban J connectivity index is 2.32. The summed E-state index contributed by atoms with van der Waals surface area (Å²) in [6, 6.07) is 8.53. The fourth-order valence-electron chi connectivity index (χ4n) is 2.65. The van der Waals surface area contributed by atoms with E-state index in [1.54, 1.807) is 11.3 Å². The Morgan fingerprint density at radius 2 is 1.84 bits per heavy atom. The molecule has 0 aliphatic rings. The number of halogens is 1. The molecule has 1 unspecified atom stereocenters. The fraction of sp³-hybridized carbons (Fsp3) is 0.333. The van der Waals surface area contributed by atoms with Gasteiger partial charge in [0.25, 0.3) is 0 Å². The number of hydrogen-bond acceptors (Lipinski definition) is 3. The molecule has 1 aromatic heterocycles. The predicted octanol–water partition coefficient (Wildman–Crippen LogP) is 4.07. The number of benzene rings is 1. The van der Waals surface area contributed by atoms with Crippen molar-refractivity contribution in [3.8, 4) is 0 Å². The maximum atomic E-state index is 5.98. The second-order valence-corrected chi connectivity index (χ2v) is 6.74. The molecule has 0 saturated heterocycles. The van der Waals surface area contributed by atoms with Gasteiger partial charge in [0, 0.05) is 11.3 Å². The lowest BCUT2D eigenvalue weighted by atomic mass is 9.92. The van der Waals surface area contributed by atoms with Crippen LogP contribution in [0, 0.1) is 20.8 Å². The summed E-state index contributed by atoms with van der Waals surface area (Å²) in [5.41, 5.74) is 8.08. The van der Waals surface area contributed by atoms with Crippen molar-refractivity contribution in [1.29, 1.82) is 0 Å². The number of aryl methyl sites for hydroxylation is 3. The molecule has 0 amide bonds. The van der Waals surface area contributed by atoms with Gasteiger partial charge in [-0.05, 0) is 49.6 Å². The van der Waals surface area contributed by atoms with Crippen molar-refractivity contribution in [1.82, 2.24) is 5.43 Å². The van der Waals surface area contributed by atoms with Gasteiger partial charge in [0.2, 0.25) is 0 Å². The van der Waals surface area contributed by atoms with Gasteiger partial charge >= 0.3 is 0 Å². The zero-order valence-corrected chi connectivity index (χ0v) is 13.0. The molecule has 0 radical (unpaired) electrons. The highest BCUT2D eigenvalue weighted by Crippen LogP contribution is 2.29. The van der Waals surface area contributed by atoms with E-state index in [0.29, 0.717) is 0 Å². The third kappa shape index (κ3) is 3.37. The Morgan fingerprint density at radius 1 is 1.21 bits per heavy atom. The van der Waals surface area contributed by atoms with Crippen LogP contribution in [0.3, 0.4) is 0 Å². The van der Waals surface area contributed by atoms with Crippen LogP contribution < -0.4 is 11.3 Å². The molecule has 2 aromatic rings. The first-order valence-corrected chi connectivity index (χ1v) is 7.48. The van der Waals surface area contributed by atoms with Crippen molar-refractivity contribution in [3.63, 3.8) is 0 Å². The minimum absolute atomic E-state index is 0.121. The van der Waals surface area contributed by atoms with Crippen molar-refractivity contribution >= 4 is 22.9 Å². The standard InChI is InChI=1S/C15H19ClN2S/c1-9-6-10(2)15(11(3)7-9)13(18-17)8-12-4-5-14(16)19-12/h4-7,13,18H,8,17H2,1-3H3. The highest BCUT2D eigenvalue weighted by atomic mass is 35.5. The average Bonchev–Trinajstić information content (AvgIpc) is 2.72. The summed E-state index contributed by atoms with van der Waals surface area (Å²) in [6.45, 7) is 6.40. The van der Waals surface area contributed by atoms with Gasteiger partial charge in [0.1, 0.15) is 0 Å². The Labute approximate surface area is 123 Å². The third-order valence-electron chi connectivity index (χ3n) is 3.32. The van der Waals surface area contributed by atoms with Gasteiger partial charge in [-0.1, -0.05) is 29.3 Å². The van der Waals surface area contributed by atoms with Gasteiger partial charge in [0.05, 0.1) is 10.4 Å². The maximum absolute atomic E-state index is 5.98. The number of hydrazine groups is 1. The van der Waals surface area contributed by atoms with Crippen molar-refractivity contribution in [2.45, 2.75) is 33.2 Å². The molecule has 102 valence electrons. The average molecular weight is 295 g/mol. The van der Waals surface area contributed by atoms with E-state index in [9.17, 15) is 0 Å². The van der Waals surface area contributed by atoms with Gasteiger partial charge in [-0.3, -0.25) is 11.3 Å². The first kappa shape index (κ1) is 14.5. The van der Waals surface area contributed by atoms with Crippen LogP contribution in [0.4, 0.5) is 0 Å². The molecule has 1 heterocycles. The van der Waals surface area contributed by atoms with Crippen molar-refractivity contribution in [3.05, 3.63) is 55.7 Å². The minimum Gasteiger partial charge on any atom is -0.271 e. The van der Waals surface area contributed by atoms with E-state index in [2.05, 4.69) is 44.4 Å². The summed E-state index contributed by atoms with van der Waals surface area (Å²) in [4.78, 5) is 1.24. The van der Waals surface area contributed by atoms with Crippen LogP contribution in [0.2, 0.25) is 4.34 Å². The first-order valence-electron chi connectivity index (χ1n) is 6.29. The van der Waals surface area contributed by atoms with E-state index >= 15 is 0 Å². The molecule has 0 aliphatic carbocycles. The number of thiophene rings is 1. The molecule has 19 heavy (non-hydrogen) atoms. The molecule has 2 rings (SSSR count). The molecule has 0 saturated carbocycles. The molecule has 4 heteroatoms. The van der Waals surface area contributed by atoms with Gasteiger partial charge in [-0.25, -0.2) is 0 Å². The van der Waals surface area contributed by atoms with Crippen LogP contribution in [0.25, 0.3) is 0 Å². The van der Waals surface area contributed by atoms with Crippen molar-refractivity contribution < 1.29 is 0 Å². The van der Waals surface area contributed by atoms with Crippen LogP contribution in [0.1, 0.15) is 33.2 Å². The number of nitrogens with one attached hydrogen (secondary N) is 1. The van der Waals surface area contributed by atoms with Gasteiger partial charge < -0.3 is 0 Å². The largest absolute Gasteiger partial charge is 0.271 e. The summed E-state index contributed by atoms with van der Waals surface area (Å²) >= 11 is 7.59. The van der Waals surface area contributed by atoms with Crippen molar-refractivity contribution in [2.24, 2.45) is 5.84 Å². The molecule has 1 aromatic carbocycles. The van der Waals surface area contributed by atoms with E-state index in [1.807, 2.05) is 6.07 Å². The summed E-state index contributed by atoms with van der Waals surface area (Å²) < 4.78 is 0.822. The maximum Gasteiger partial charge on any atom is 0.0931 e. The SMILES string of the molecule is Cc1cc(C)c(C(Cc2ccc(Cl)s2)NN)c(C)c1. The quantitative estimate of drug-likeness (QED) is 0.659. The van der Waals surface area contributed by atoms with E-state index in [-0.39, 0.29) is 6.04 Å².